The van der Waals surface area contributed by atoms with Crippen LogP contribution in [0.15, 0.2) is 52.9 Å². The molecule has 0 radical (unpaired) electrons. The number of carbonyl (C=O) groups excluding carboxylic acids is 2. The molecule has 1 amide bonds. The molecule has 1 saturated heterocycles. The molecule has 7 nitrogen and oxygen atoms in total. The Bertz CT molecular complexity index is 1010. The molecule has 0 unspecified atom stereocenters. The molecule has 2 aromatic carbocycles. The molecule has 7 heteroatoms. The highest BCUT2D eigenvalue weighted by Gasteiger charge is 2.22. The van der Waals surface area contributed by atoms with E-state index in [9.17, 15) is 9.59 Å². The summed E-state index contributed by atoms with van der Waals surface area (Å²) in [6, 6.07) is 14.5. The zero-order chi connectivity index (χ0) is 19.5. The van der Waals surface area contributed by atoms with Crippen LogP contribution >= 0.6 is 0 Å². The zero-order valence-corrected chi connectivity index (χ0v) is 15.4. The Hall–Kier alpha value is -3.48. The van der Waals surface area contributed by atoms with Crippen LogP contribution in [0.1, 0.15) is 34.7 Å². The summed E-state index contributed by atoms with van der Waals surface area (Å²) in [5, 5.41) is 7.92. The molecule has 0 saturated carbocycles. The maximum Gasteiger partial charge on any atom is 0.338 e. The number of esters is 1. The molecule has 0 aliphatic carbocycles. The summed E-state index contributed by atoms with van der Waals surface area (Å²) < 4.78 is 10.8. The molecule has 1 fully saturated rings. The molecule has 28 heavy (non-hydrogen) atoms. The number of hydrogen-bond donors (Lipinski definition) is 0. The quantitative estimate of drug-likeness (QED) is 0.632. The summed E-state index contributed by atoms with van der Waals surface area (Å²) in [5.41, 5.74) is 3.09. The van der Waals surface area contributed by atoms with Gasteiger partial charge in [0.15, 0.2) is 6.61 Å². The van der Waals surface area contributed by atoms with Crippen molar-refractivity contribution in [3.05, 3.63) is 65.5 Å². The highest BCUT2D eigenvalue weighted by atomic mass is 16.5. The number of aryl methyl sites for hydroxylation is 1. The first-order chi connectivity index (χ1) is 13.6. The van der Waals surface area contributed by atoms with Crippen molar-refractivity contribution in [3.8, 4) is 11.5 Å². The van der Waals surface area contributed by atoms with Gasteiger partial charge in [0.2, 0.25) is 11.8 Å². The lowest BCUT2D eigenvalue weighted by Gasteiger charge is -2.15. The zero-order valence-electron chi connectivity index (χ0n) is 15.4. The fourth-order valence-electron chi connectivity index (χ4n) is 3.12. The number of amides is 1. The Morgan fingerprint density at radius 2 is 2.00 bits per heavy atom. The minimum Gasteiger partial charge on any atom is -0.452 e. The standard InChI is InChI=1S/C21H19N3O4/c1-14-4-2-5-16(12-14)20-23-22-18(28-20)13-27-21(26)15-7-9-17(10-8-15)24-11-3-6-19(24)25/h2,4-5,7-10,12H,3,6,11,13H2,1H3. The Morgan fingerprint density at radius 1 is 1.18 bits per heavy atom. The largest absolute Gasteiger partial charge is 0.452 e. The third-order valence-electron chi connectivity index (χ3n) is 4.55. The SMILES string of the molecule is Cc1cccc(-c2nnc(COC(=O)c3ccc(N4CCCC4=O)cc3)o2)c1. The first kappa shape index (κ1) is 17.9. The predicted molar refractivity (Wildman–Crippen MR) is 102 cm³/mol. The van der Waals surface area contributed by atoms with Crippen molar-refractivity contribution in [1.82, 2.24) is 10.2 Å². The Balaban J connectivity index is 1.37. The minimum absolute atomic E-state index is 0.107. The molecule has 0 atom stereocenters. The van der Waals surface area contributed by atoms with Gasteiger partial charge in [0.1, 0.15) is 0 Å². The van der Waals surface area contributed by atoms with Crippen LogP contribution in [0.5, 0.6) is 0 Å². The van der Waals surface area contributed by atoms with Gasteiger partial charge in [0.05, 0.1) is 5.56 Å². The van der Waals surface area contributed by atoms with E-state index in [1.54, 1.807) is 29.2 Å². The highest BCUT2D eigenvalue weighted by Crippen LogP contribution is 2.22. The molecule has 1 aromatic heterocycles. The van der Waals surface area contributed by atoms with Crippen LogP contribution in [0.25, 0.3) is 11.5 Å². The van der Waals surface area contributed by atoms with Crippen LogP contribution < -0.4 is 4.90 Å². The lowest BCUT2D eigenvalue weighted by atomic mass is 10.1. The van der Waals surface area contributed by atoms with Crippen molar-refractivity contribution in [2.45, 2.75) is 26.4 Å². The van der Waals surface area contributed by atoms with Gasteiger partial charge >= 0.3 is 5.97 Å². The van der Waals surface area contributed by atoms with Crippen molar-refractivity contribution in [2.75, 3.05) is 11.4 Å². The summed E-state index contributed by atoms with van der Waals surface area (Å²) >= 11 is 0. The van der Waals surface area contributed by atoms with Gasteiger partial charge in [-0.2, -0.15) is 0 Å². The van der Waals surface area contributed by atoms with Gasteiger partial charge in [-0.15, -0.1) is 10.2 Å². The van der Waals surface area contributed by atoms with Crippen molar-refractivity contribution in [2.24, 2.45) is 0 Å². The summed E-state index contributed by atoms with van der Waals surface area (Å²) in [7, 11) is 0. The lowest BCUT2D eigenvalue weighted by molar-refractivity contribution is -0.117. The maximum absolute atomic E-state index is 12.2. The summed E-state index contributed by atoms with van der Waals surface area (Å²) in [6.45, 7) is 2.58. The number of ether oxygens (including phenoxy) is 1. The second kappa shape index (κ2) is 7.64. The molecule has 2 heterocycles. The Morgan fingerprint density at radius 3 is 2.71 bits per heavy atom. The second-order valence-electron chi connectivity index (χ2n) is 6.64. The number of rotatable bonds is 5. The second-order valence-corrected chi connectivity index (χ2v) is 6.64. The monoisotopic (exact) mass is 377 g/mol. The summed E-state index contributed by atoms with van der Waals surface area (Å²) in [6.07, 6.45) is 1.43. The third kappa shape index (κ3) is 3.78. The average molecular weight is 377 g/mol. The summed E-state index contributed by atoms with van der Waals surface area (Å²) in [4.78, 5) is 25.8. The van der Waals surface area contributed by atoms with Crippen LogP contribution in [0.3, 0.4) is 0 Å². The minimum atomic E-state index is -0.491. The molecule has 1 aliphatic rings. The van der Waals surface area contributed by atoms with Gasteiger partial charge in [-0.1, -0.05) is 17.7 Å². The van der Waals surface area contributed by atoms with Crippen LogP contribution in [0, 0.1) is 6.92 Å². The third-order valence-corrected chi connectivity index (χ3v) is 4.55. The van der Waals surface area contributed by atoms with E-state index in [4.69, 9.17) is 9.15 Å². The van der Waals surface area contributed by atoms with Gasteiger partial charge in [0, 0.05) is 24.2 Å². The normalized spacial score (nSPS) is 13.8. The Kier molecular flexibility index (Phi) is 4.89. The number of benzene rings is 2. The fourth-order valence-corrected chi connectivity index (χ4v) is 3.12. The van der Waals surface area contributed by atoms with Crippen molar-refractivity contribution in [1.29, 1.82) is 0 Å². The molecule has 0 bridgehead atoms. The van der Waals surface area contributed by atoms with Crippen LogP contribution in [0.4, 0.5) is 5.69 Å². The van der Waals surface area contributed by atoms with E-state index in [-0.39, 0.29) is 18.4 Å². The first-order valence-electron chi connectivity index (χ1n) is 9.07. The van der Waals surface area contributed by atoms with Gasteiger partial charge in [-0.25, -0.2) is 4.79 Å². The van der Waals surface area contributed by atoms with E-state index in [0.717, 1.165) is 23.2 Å². The first-order valence-corrected chi connectivity index (χ1v) is 9.07. The molecular weight excluding hydrogens is 358 g/mol. The predicted octanol–water partition coefficient (Wildman–Crippen LogP) is 3.53. The van der Waals surface area contributed by atoms with E-state index < -0.39 is 5.97 Å². The molecular formula is C21H19N3O4. The molecule has 1 aliphatic heterocycles. The average Bonchev–Trinajstić information content (AvgIpc) is 3.35. The van der Waals surface area contributed by atoms with E-state index in [1.165, 1.54) is 0 Å². The summed E-state index contributed by atoms with van der Waals surface area (Å²) in [5.74, 6) is 0.226. The van der Waals surface area contributed by atoms with Gasteiger partial charge in [-0.3, -0.25) is 4.79 Å². The number of anilines is 1. The topological polar surface area (TPSA) is 85.5 Å². The number of nitrogens with zero attached hydrogens (tertiary/aromatic N) is 3. The van der Waals surface area contributed by atoms with E-state index in [1.807, 2.05) is 31.2 Å². The van der Waals surface area contributed by atoms with Crippen molar-refractivity contribution in [3.63, 3.8) is 0 Å². The number of hydrogen-bond acceptors (Lipinski definition) is 6. The van der Waals surface area contributed by atoms with Crippen LogP contribution in [-0.4, -0.2) is 28.6 Å². The fraction of sp³-hybridized carbons (Fsp3) is 0.238. The molecule has 142 valence electrons. The van der Waals surface area contributed by atoms with Gasteiger partial charge in [-0.05, 0) is 49.7 Å². The van der Waals surface area contributed by atoms with Crippen molar-refractivity contribution < 1.29 is 18.7 Å². The van der Waals surface area contributed by atoms with Crippen molar-refractivity contribution >= 4 is 17.6 Å². The maximum atomic E-state index is 12.2. The van der Waals surface area contributed by atoms with Crippen LogP contribution in [-0.2, 0) is 16.1 Å². The highest BCUT2D eigenvalue weighted by molar-refractivity contribution is 5.96. The number of carbonyl (C=O) groups is 2. The Labute approximate surface area is 161 Å². The van der Waals surface area contributed by atoms with Crippen LogP contribution in [0.2, 0.25) is 0 Å². The van der Waals surface area contributed by atoms with E-state index >= 15 is 0 Å². The molecule has 0 spiro atoms. The van der Waals surface area contributed by atoms with Gasteiger partial charge in [0.25, 0.3) is 5.89 Å². The smallest absolute Gasteiger partial charge is 0.338 e. The van der Waals surface area contributed by atoms with E-state index in [2.05, 4.69) is 10.2 Å². The number of aromatic nitrogens is 2. The van der Waals surface area contributed by atoms with Gasteiger partial charge < -0.3 is 14.1 Å². The molecule has 3 aromatic rings. The lowest BCUT2D eigenvalue weighted by Crippen LogP contribution is -2.23. The molecule has 0 N–H and O–H groups in total. The van der Waals surface area contributed by atoms with E-state index in [0.29, 0.717) is 24.4 Å². The molecule has 4 rings (SSSR count).